The highest BCUT2D eigenvalue weighted by atomic mass is 32.2. The van der Waals surface area contributed by atoms with Gasteiger partial charge in [0, 0.05) is 36.5 Å². The topological polar surface area (TPSA) is 38.3 Å². The molecule has 1 aliphatic rings. The molecule has 4 heteroatoms. The standard InChI is InChI=1S/C21H25NO2S/c1-25-15-17-7-9-18(10-8-17)20(23)22-16-21(11-13-24-14-12-21)19-5-3-2-4-6-19/h2-10H,11-16H2,1H3,(H,22,23). The van der Waals surface area contributed by atoms with Gasteiger partial charge in [-0.2, -0.15) is 11.8 Å². The number of carbonyl (C=O) groups excluding carboxylic acids is 1. The maximum Gasteiger partial charge on any atom is 0.251 e. The molecule has 2 aromatic rings. The first-order valence-electron chi connectivity index (χ1n) is 8.73. The maximum atomic E-state index is 12.6. The molecule has 25 heavy (non-hydrogen) atoms. The van der Waals surface area contributed by atoms with Crippen LogP contribution in [0.25, 0.3) is 0 Å². The second-order valence-electron chi connectivity index (χ2n) is 6.57. The average molecular weight is 356 g/mol. The number of hydrogen-bond donors (Lipinski definition) is 1. The summed E-state index contributed by atoms with van der Waals surface area (Å²) in [6.07, 6.45) is 3.95. The van der Waals surface area contributed by atoms with E-state index in [2.05, 4.69) is 35.8 Å². The highest BCUT2D eigenvalue weighted by Crippen LogP contribution is 2.34. The van der Waals surface area contributed by atoms with Gasteiger partial charge in [-0.25, -0.2) is 0 Å². The Morgan fingerprint density at radius 1 is 1.08 bits per heavy atom. The molecule has 2 aromatic carbocycles. The zero-order chi connectivity index (χ0) is 17.5. The Hall–Kier alpha value is -1.78. The number of rotatable bonds is 6. The third-order valence-corrected chi connectivity index (χ3v) is 5.57. The summed E-state index contributed by atoms with van der Waals surface area (Å²) in [6, 6.07) is 18.4. The lowest BCUT2D eigenvalue weighted by Crippen LogP contribution is -2.44. The van der Waals surface area contributed by atoms with Gasteiger partial charge in [-0.15, -0.1) is 0 Å². The smallest absolute Gasteiger partial charge is 0.251 e. The van der Waals surface area contributed by atoms with Gasteiger partial charge in [0.1, 0.15) is 0 Å². The molecule has 1 aliphatic heterocycles. The van der Waals surface area contributed by atoms with E-state index in [1.807, 2.05) is 30.3 Å². The van der Waals surface area contributed by atoms with E-state index in [1.54, 1.807) is 11.8 Å². The van der Waals surface area contributed by atoms with Crippen molar-refractivity contribution in [3.63, 3.8) is 0 Å². The third-order valence-electron chi connectivity index (χ3n) is 4.95. The molecule has 0 bridgehead atoms. The van der Waals surface area contributed by atoms with Crippen LogP contribution in [0, 0.1) is 0 Å². The number of ether oxygens (including phenoxy) is 1. The fourth-order valence-electron chi connectivity index (χ4n) is 3.39. The molecule has 0 saturated carbocycles. The van der Waals surface area contributed by atoms with Crippen molar-refractivity contribution in [2.24, 2.45) is 0 Å². The number of hydrogen-bond acceptors (Lipinski definition) is 3. The molecule has 0 aliphatic carbocycles. The normalized spacial score (nSPS) is 16.4. The summed E-state index contributed by atoms with van der Waals surface area (Å²) < 4.78 is 5.56. The summed E-state index contributed by atoms with van der Waals surface area (Å²) in [5, 5.41) is 3.16. The van der Waals surface area contributed by atoms with Crippen LogP contribution in [0.1, 0.15) is 34.3 Å². The zero-order valence-electron chi connectivity index (χ0n) is 14.7. The van der Waals surface area contributed by atoms with Crippen LogP contribution in [-0.2, 0) is 15.9 Å². The van der Waals surface area contributed by atoms with Gasteiger partial charge in [0.2, 0.25) is 0 Å². The van der Waals surface area contributed by atoms with Gasteiger partial charge < -0.3 is 10.1 Å². The summed E-state index contributed by atoms with van der Waals surface area (Å²) in [4.78, 5) is 12.6. The van der Waals surface area contributed by atoms with Crippen molar-refractivity contribution in [2.75, 3.05) is 26.0 Å². The first-order chi connectivity index (χ1) is 12.2. The van der Waals surface area contributed by atoms with Gasteiger partial charge in [-0.1, -0.05) is 42.5 Å². The summed E-state index contributed by atoms with van der Waals surface area (Å²) >= 11 is 1.78. The van der Waals surface area contributed by atoms with Crippen LogP contribution in [0.5, 0.6) is 0 Å². The number of thioether (sulfide) groups is 1. The molecule has 3 rings (SSSR count). The molecule has 1 saturated heterocycles. The second kappa shape index (κ2) is 8.54. The van der Waals surface area contributed by atoms with E-state index in [4.69, 9.17) is 4.74 Å². The average Bonchev–Trinajstić information content (AvgIpc) is 2.68. The summed E-state index contributed by atoms with van der Waals surface area (Å²) in [6.45, 7) is 2.13. The van der Waals surface area contributed by atoms with Gasteiger partial charge in [-0.3, -0.25) is 4.79 Å². The van der Waals surface area contributed by atoms with Gasteiger partial charge >= 0.3 is 0 Å². The number of benzene rings is 2. The predicted molar refractivity (Wildman–Crippen MR) is 104 cm³/mol. The van der Waals surface area contributed by atoms with Crippen LogP contribution in [0.15, 0.2) is 54.6 Å². The van der Waals surface area contributed by atoms with Crippen molar-refractivity contribution >= 4 is 17.7 Å². The third kappa shape index (κ3) is 4.44. The minimum Gasteiger partial charge on any atom is -0.381 e. The number of amides is 1. The molecule has 1 fully saturated rings. The van der Waals surface area contributed by atoms with Crippen LogP contribution >= 0.6 is 11.8 Å². The molecule has 0 spiro atoms. The molecule has 0 unspecified atom stereocenters. The second-order valence-corrected chi connectivity index (χ2v) is 7.44. The zero-order valence-corrected chi connectivity index (χ0v) is 15.5. The van der Waals surface area contributed by atoms with Crippen molar-refractivity contribution in [1.82, 2.24) is 5.32 Å². The van der Waals surface area contributed by atoms with Gasteiger partial charge in [0.25, 0.3) is 5.91 Å². The fraction of sp³-hybridized carbons (Fsp3) is 0.381. The molecule has 132 valence electrons. The first-order valence-corrected chi connectivity index (χ1v) is 10.1. The van der Waals surface area contributed by atoms with Crippen molar-refractivity contribution < 1.29 is 9.53 Å². The van der Waals surface area contributed by atoms with Crippen molar-refractivity contribution in [2.45, 2.75) is 24.0 Å². The molecule has 1 amide bonds. The van der Waals surface area contributed by atoms with Crippen LogP contribution in [-0.4, -0.2) is 31.9 Å². The molecular formula is C21H25NO2S. The van der Waals surface area contributed by atoms with Crippen molar-refractivity contribution in [3.05, 3.63) is 71.3 Å². The molecule has 3 nitrogen and oxygen atoms in total. The Balaban J connectivity index is 1.69. The van der Waals surface area contributed by atoms with Crippen LogP contribution in [0.2, 0.25) is 0 Å². The fourth-order valence-corrected chi connectivity index (χ4v) is 3.92. The monoisotopic (exact) mass is 355 g/mol. The van der Waals surface area contributed by atoms with E-state index in [1.165, 1.54) is 11.1 Å². The highest BCUT2D eigenvalue weighted by molar-refractivity contribution is 7.97. The van der Waals surface area contributed by atoms with E-state index in [-0.39, 0.29) is 11.3 Å². The van der Waals surface area contributed by atoms with Gasteiger partial charge in [0.15, 0.2) is 0 Å². The van der Waals surface area contributed by atoms with Gasteiger partial charge in [-0.05, 0) is 42.4 Å². The van der Waals surface area contributed by atoms with Gasteiger partial charge in [0.05, 0.1) is 0 Å². The van der Waals surface area contributed by atoms with E-state index >= 15 is 0 Å². The number of nitrogens with one attached hydrogen (secondary N) is 1. The molecule has 0 atom stereocenters. The quantitative estimate of drug-likeness (QED) is 0.850. The maximum absolute atomic E-state index is 12.6. The molecule has 0 radical (unpaired) electrons. The lowest BCUT2D eigenvalue weighted by Gasteiger charge is -2.38. The molecular weight excluding hydrogens is 330 g/mol. The van der Waals surface area contributed by atoms with E-state index in [9.17, 15) is 4.79 Å². The van der Waals surface area contributed by atoms with Crippen molar-refractivity contribution in [1.29, 1.82) is 0 Å². The molecule has 1 N–H and O–H groups in total. The largest absolute Gasteiger partial charge is 0.381 e. The Bertz CT molecular complexity index is 679. The summed E-state index contributed by atoms with van der Waals surface area (Å²) in [7, 11) is 0. The lowest BCUT2D eigenvalue weighted by atomic mass is 9.74. The highest BCUT2D eigenvalue weighted by Gasteiger charge is 2.34. The predicted octanol–water partition coefficient (Wildman–Crippen LogP) is 4.03. The first kappa shape index (κ1) is 18.0. The Morgan fingerprint density at radius 3 is 2.40 bits per heavy atom. The van der Waals surface area contributed by atoms with Crippen LogP contribution < -0.4 is 5.32 Å². The summed E-state index contributed by atoms with van der Waals surface area (Å²) in [5.41, 5.74) is 3.22. The minimum absolute atomic E-state index is 0.00232. The SMILES string of the molecule is CSCc1ccc(C(=O)NCC2(c3ccccc3)CCOCC2)cc1. The Labute approximate surface area is 154 Å². The molecule has 1 heterocycles. The summed E-state index contributed by atoms with van der Waals surface area (Å²) in [5.74, 6) is 0.969. The Morgan fingerprint density at radius 2 is 1.76 bits per heavy atom. The molecule has 0 aromatic heterocycles. The Kier molecular flexibility index (Phi) is 6.16. The van der Waals surface area contributed by atoms with Crippen LogP contribution in [0.3, 0.4) is 0 Å². The van der Waals surface area contributed by atoms with E-state index in [0.29, 0.717) is 6.54 Å². The van der Waals surface area contributed by atoms with Crippen molar-refractivity contribution in [3.8, 4) is 0 Å². The van der Waals surface area contributed by atoms with E-state index < -0.39 is 0 Å². The van der Waals surface area contributed by atoms with E-state index in [0.717, 1.165) is 37.4 Å². The van der Waals surface area contributed by atoms with Crippen LogP contribution in [0.4, 0.5) is 0 Å². The minimum atomic E-state index is -0.0338. The lowest BCUT2D eigenvalue weighted by molar-refractivity contribution is 0.0487. The number of carbonyl (C=O) groups is 1.